The van der Waals surface area contributed by atoms with Gasteiger partial charge in [-0.05, 0) is 19.2 Å². The van der Waals surface area contributed by atoms with Crippen LogP contribution in [0.5, 0.6) is 0 Å². The molecule has 0 N–H and O–H groups in total. The van der Waals surface area contributed by atoms with Gasteiger partial charge in [-0.3, -0.25) is 19.9 Å². The summed E-state index contributed by atoms with van der Waals surface area (Å²) < 4.78 is 51.4. The number of hydrogen-bond donors (Lipinski definition) is 0. The Morgan fingerprint density at radius 2 is 1.87 bits per heavy atom. The normalized spacial score (nSPS) is 19.9. The van der Waals surface area contributed by atoms with Crippen LogP contribution < -0.4 is 0 Å². The van der Waals surface area contributed by atoms with Gasteiger partial charge < -0.3 is 14.4 Å². The summed E-state index contributed by atoms with van der Waals surface area (Å²) in [6.07, 6.45) is 0.307. The Hall–Kier alpha value is -2.30. The summed E-state index contributed by atoms with van der Waals surface area (Å²) in [7, 11) is 0. The quantitative estimate of drug-likeness (QED) is 0.504. The molecule has 0 aromatic carbocycles. The molecule has 0 radical (unpaired) electrons. The van der Waals surface area contributed by atoms with Crippen molar-refractivity contribution in [3.8, 4) is 0 Å². The van der Waals surface area contributed by atoms with Crippen LogP contribution in [0.15, 0.2) is 34.5 Å². The second-order valence-electron chi connectivity index (χ2n) is 7.25. The van der Waals surface area contributed by atoms with Crippen molar-refractivity contribution in [1.29, 1.82) is 0 Å². The fourth-order valence-corrected chi connectivity index (χ4v) is 3.53. The Bertz CT molecular complexity index is 783. The lowest BCUT2D eigenvalue weighted by Gasteiger charge is -2.29. The molecule has 2 aliphatic heterocycles. The standard InChI is InChI=1S/C21H28F3N5O2/c1-25-19(17-16-26-4-3-18(17)21(22,23)24)15-20(29-9-13-31-14-10-29)27-5-7-28-6-2-11-30-12-8-28/h3-4,15-16H,1-2,5-14H2/b19-15-,27-20?. The highest BCUT2D eigenvalue weighted by molar-refractivity contribution is 5.99. The second kappa shape index (κ2) is 11.4. The van der Waals surface area contributed by atoms with Crippen LogP contribution in [0.1, 0.15) is 17.5 Å². The van der Waals surface area contributed by atoms with Gasteiger partial charge in [0.05, 0.1) is 37.6 Å². The molecule has 1 aromatic heterocycles. The highest BCUT2D eigenvalue weighted by Crippen LogP contribution is 2.34. The van der Waals surface area contributed by atoms with Gasteiger partial charge in [0.15, 0.2) is 0 Å². The zero-order chi connectivity index (χ0) is 22.1. The molecule has 170 valence electrons. The van der Waals surface area contributed by atoms with Crippen molar-refractivity contribution in [2.45, 2.75) is 12.6 Å². The summed E-state index contributed by atoms with van der Waals surface area (Å²) in [5.74, 6) is 0.578. The van der Waals surface area contributed by atoms with Gasteiger partial charge in [-0.2, -0.15) is 13.2 Å². The zero-order valence-electron chi connectivity index (χ0n) is 17.5. The Morgan fingerprint density at radius 1 is 1.13 bits per heavy atom. The number of amidine groups is 1. The van der Waals surface area contributed by atoms with E-state index in [4.69, 9.17) is 14.5 Å². The van der Waals surface area contributed by atoms with E-state index in [1.54, 1.807) is 6.08 Å². The second-order valence-corrected chi connectivity index (χ2v) is 7.25. The van der Waals surface area contributed by atoms with Crippen LogP contribution in [0, 0.1) is 0 Å². The van der Waals surface area contributed by atoms with E-state index in [2.05, 4.69) is 21.6 Å². The van der Waals surface area contributed by atoms with Gasteiger partial charge in [0.25, 0.3) is 0 Å². The molecule has 31 heavy (non-hydrogen) atoms. The van der Waals surface area contributed by atoms with Gasteiger partial charge in [-0.25, -0.2) is 0 Å². The van der Waals surface area contributed by atoms with E-state index in [0.717, 1.165) is 51.1 Å². The average Bonchev–Trinajstić information content (AvgIpc) is 3.05. The highest BCUT2D eigenvalue weighted by atomic mass is 19.4. The molecule has 7 nitrogen and oxygen atoms in total. The van der Waals surface area contributed by atoms with Gasteiger partial charge >= 0.3 is 6.18 Å². The van der Waals surface area contributed by atoms with E-state index in [1.165, 1.54) is 0 Å². The van der Waals surface area contributed by atoms with Crippen LogP contribution in [0.2, 0.25) is 0 Å². The Kier molecular flexibility index (Phi) is 8.56. The number of alkyl halides is 3. The van der Waals surface area contributed by atoms with Gasteiger partial charge in [-0.15, -0.1) is 0 Å². The SMILES string of the molecule is C=N/C(=C\C(=NCCN1CCCOCC1)N1CCOCC1)c1cnccc1C(F)(F)F. The summed E-state index contributed by atoms with van der Waals surface area (Å²) in [4.78, 5) is 16.7. The lowest BCUT2D eigenvalue weighted by molar-refractivity contribution is -0.137. The molecular weight excluding hydrogens is 411 g/mol. The number of pyridine rings is 1. The monoisotopic (exact) mass is 439 g/mol. The Labute approximate surface area is 180 Å². The number of rotatable bonds is 6. The third-order valence-electron chi connectivity index (χ3n) is 5.18. The number of morpholine rings is 1. The fourth-order valence-electron chi connectivity index (χ4n) is 3.53. The maximum Gasteiger partial charge on any atom is 0.417 e. The third kappa shape index (κ3) is 6.84. The topological polar surface area (TPSA) is 62.5 Å². The summed E-state index contributed by atoms with van der Waals surface area (Å²) in [5.41, 5.74) is -0.823. The average molecular weight is 439 g/mol. The van der Waals surface area contributed by atoms with Gasteiger partial charge in [-0.1, -0.05) is 0 Å². The maximum absolute atomic E-state index is 13.5. The summed E-state index contributed by atoms with van der Waals surface area (Å²) >= 11 is 0. The van der Waals surface area contributed by atoms with E-state index in [1.807, 2.05) is 4.90 Å². The summed E-state index contributed by atoms with van der Waals surface area (Å²) in [6.45, 7) is 10.3. The Balaban J connectivity index is 1.85. The van der Waals surface area contributed by atoms with E-state index >= 15 is 0 Å². The number of aromatic nitrogens is 1. The van der Waals surface area contributed by atoms with Crippen LogP contribution in [-0.2, 0) is 15.7 Å². The number of hydrogen-bond acceptors (Lipinski definition) is 6. The molecule has 0 unspecified atom stereocenters. The number of ether oxygens (including phenoxy) is 2. The van der Waals surface area contributed by atoms with Crippen molar-refractivity contribution in [2.75, 3.05) is 65.7 Å². The van der Waals surface area contributed by atoms with Crippen molar-refractivity contribution >= 4 is 18.3 Å². The minimum atomic E-state index is -4.52. The van der Waals surface area contributed by atoms with E-state index in [9.17, 15) is 13.2 Å². The molecule has 2 aliphatic rings. The lowest BCUT2D eigenvalue weighted by atomic mass is 10.1. The molecule has 0 amide bonds. The molecule has 2 fully saturated rings. The van der Waals surface area contributed by atoms with Gasteiger partial charge in [0, 0.05) is 63.4 Å². The first-order chi connectivity index (χ1) is 15.0. The van der Waals surface area contributed by atoms with Crippen molar-refractivity contribution in [1.82, 2.24) is 14.8 Å². The first kappa shape index (κ1) is 23.4. The highest BCUT2D eigenvalue weighted by Gasteiger charge is 2.34. The third-order valence-corrected chi connectivity index (χ3v) is 5.18. The van der Waals surface area contributed by atoms with E-state index in [0.29, 0.717) is 45.3 Å². The maximum atomic E-state index is 13.5. The minimum Gasteiger partial charge on any atom is -0.380 e. The molecular formula is C21H28F3N5O2. The first-order valence-electron chi connectivity index (χ1n) is 10.4. The van der Waals surface area contributed by atoms with Gasteiger partial charge in [0.2, 0.25) is 0 Å². The number of nitrogens with zero attached hydrogens (tertiary/aromatic N) is 5. The largest absolute Gasteiger partial charge is 0.417 e. The van der Waals surface area contributed by atoms with Crippen molar-refractivity contribution in [3.05, 3.63) is 35.7 Å². The molecule has 0 saturated carbocycles. The van der Waals surface area contributed by atoms with Crippen LogP contribution in [0.4, 0.5) is 13.2 Å². The molecule has 3 rings (SSSR count). The molecule has 0 bridgehead atoms. The Morgan fingerprint density at radius 3 is 2.61 bits per heavy atom. The fraction of sp³-hybridized carbons (Fsp3) is 0.571. The minimum absolute atomic E-state index is 0.0915. The molecule has 0 aliphatic carbocycles. The van der Waals surface area contributed by atoms with Crippen LogP contribution in [0.25, 0.3) is 5.70 Å². The smallest absolute Gasteiger partial charge is 0.380 e. The van der Waals surface area contributed by atoms with Crippen LogP contribution in [0.3, 0.4) is 0 Å². The van der Waals surface area contributed by atoms with Crippen molar-refractivity contribution in [2.24, 2.45) is 9.98 Å². The van der Waals surface area contributed by atoms with Crippen LogP contribution in [-0.4, -0.2) is 93.0 Å². The van der Waals surface area contributed by atoms with E-state index < -0.39 is 11.7 Å². The molecule has 0 atom stereocenters. The van der Waals surface area contributed by atoms with Gasteiger partial charge in [0.1, 0.15) is 5.84 Å². The van der Waals surface area contributed by atoms with Crippen molar-refractivity contribution < 1.29 is 22.6 Å². The molecule has 10 heteroatoms. The molecule has 1 aromatic rings. The first-order valence-corrected chi connectivity index (χ1v) is 10.4. The molecule has 3 heterocycles. The van der Waals surface area contributed by atoms with Crippen LogP contribution >= 0.6 is 0 Å². The predicted octanol–water partition coefficient (Wildman–Crippen LogP) is 2.59. The predicted molar refractivity (Wildman–Crippen MR) is 113 cm³/mol. The summed E-state index contributed by atoms with van der Waals surface area (Å²) in [5, 5.41) is 0. The number of halogens is 3. The summed E-state index contributed by atoms with van der Waals surface area (Å²) in [6, 6.07) is 0.946. The van der Waals surface area contributed by atoms with E-state index in [-0.39, 0.29) is 11.3 Å². The zero-order valence-corrected chi connectivity index (χ0v) is 17.5. The molecule has 2 saturated heterocycles. The number of aliphatic imine (C=N–C) groups is 2. The molecule has 0 spiro atoms. The lowest BCUT2D eigenvalue weighted by Crippen LogP contribution is -2.40. The van der Waals surface area contributed by atoms with Crippen molar-refractivity contribution in [3.63, 3.8) is 0 Å².